The zero-order chi connectivity index (χ0) is 23.9. The van der Waals surface area contributed by atoms with Gasteiger partial charge in [0.15, 0.2) is 0 Å². The van der Waals surface area contributed by atoms with Crippen molar-refractivity contribution in [1.82, 2.24) is 0 Å². The van der Waals surface area contributed by atoms with Crippen LogP contribution in [0, 0.1) is 13.8 Å². The monoisotopic (exact) mass is 463 g/mol. The Balaban J connectivity index is 1.97. The zero-order valence-electron chi connectivity index (χ0n) is 18.3. The van der Waals surface area contributed by atoms with Crippen LogP contribution in [-0.2, 0) is 9.59 Å². The van der Waals surface area contributed by atoms with Crippen molar-refractivity contribution >= 4 is 34.7 Å². The van der Waals surface area contributed by atoms with Gasteiger partial charge in [0.1, 0.15) is 17.3 Å². The van der Waals surface area contributed by atoms with Crippen molar-refractivity contribution in [3.05, 3.63) is 93.5 Å². The van der Waals surface area contributed by atoms with E-state index in [0.717, 1.165) is 11.1 Å². The fourth-order valence-electron chi connectivity index (χ4n) is 4.02. The number of carbonyl (C=O) groups excluding carboxylic acids is 2. The highest BCUT2D eigenvalue weighted by atomic mass is 35.5. The Morgan fingerprint density at radius 1 is 1.03 bits per heavy atom. The molecular formula is C26H22ClNO5. The van der Waals surface area contributed by atoms with Gasteiger partial charge in [-0.3, -0.25) is 14.5 Å². The van der Waals surface area contributed by atoms with E-state index in [1.54, 1.807) is 30.3 Å². The first-order chi connectivity index (χ1) is 15.7. The first-order valence-electron chi connectivity index (χ1n) is 10.2. The van der Waals surface area contributed by atoms with Crippen LogP contribution in [0.25, 0.3) is 5.76 Å². The molecule has 1 heterocycles. The average molecular weight is 464 g/mol. The van der Waals surface area contributed by atoms with Gasteiger partial charge in [-0.25, -0.2) is 0 Å². The lowest BCUT2D eigenvalue weighted by atomic mass is 9.94. The number of rotatable bonds is 4. The van der Waals surface area contributed by atoms with Crippen LogP contribution in [-0.4, -0.2) is 29.0 Å². The summed E-state index contributed by atoms with van der Waals surface area (Å²) in [5.74, 6) is -1.44. The van der Waals surface area contributed by atoms with Gasteiger partial charge >= 0.3 is 0 Å². The minimum atomic E-state index is -0.896. The predicted octanol–water partition coefficient (Wildman–Crippen LogP) is 5.30. The number of phenols is 1. The number of hydrogen-bond acceptors (Lipinski definition) is 5. The molecule has 0 aliphatic carbocycles. The summed E-state index contributed by atoms with van der Waals surface area (Å²) >= 11 is 6.23. The number of ether oxygens (including phenoxy) is 1. The average Bonchev–Trinajstić information content (AvgIpc) is 3.06. The van der Waals surface area contributed by atoms with E-state index < -0.39 is 17.7 Å². The Labute approximate surface area is 196 Å². The Hall–Kier alpha value is -3.77. The topological polar surface area (TPSA) is 87.1 Å². The Kier molecular flexibility index (Phi) is 5.87. The van der Waals surface area contributed by atoms with Crippen molar-refractivity contribution in [2.24, 2.45) is 0 Å². The predicted molar refractivity (Wildman–Crippen MR) is 127 cm³/mol. The minimum absolute atomic E-state index is 0.0457. The molecule has 1 atom stereocenters. The third kappa shape index (κ3) is 3.83. The van der Waals surface area contributed by atoms with Gasteiger partial charge in [0.05, 0.1) is 23.7 Å². The van der Waals surface area contributed by atoms with Crippen LogP contribution < -0.4 is 9.64 Å². The van der Waals surface area contributed by atoms with Crippen molar-refractivity contribution in [1.29, 1.82) is 0 Å². The number of aliphatic hydroxyl groups excluding tert-OH is 1. The molecule has 3 aromatic rings. The maximum atomic E-state index is 13.3. The van der Waals surface area contributed by atoms with Crippen LogP contribution in [0.5, 0.6) is 11.5 Å². The van der Waals surface area contributed by atoms with E-state index in [9.17, 15) is 19.8 Å². The van der Waals surface area contributed by atoms with Gasteiger partial charge in [-0.05, 0) is 66.9 Å². The lowest BCUT2D eigenvalue weighted by Crippen LogP contribution is -2.30. The van der Waals surface area contributed by atoms with Crippen LogP contribution in [0.4, 0.5) is 5.69 Å². The van der Waals surface area contributed by atoms with Gasteiger partial charge in [0.25, 0.3) is 11.7 Å². The summed E-state index contributed by atoms with van der Waals surface area (Å²) in [6.07, 6.45) is 0. The van der Waals surface area contributed by atoms with Gasteiger partial charge in [-0.2, -0.15) is 0 Å². The summed E-state index contributed by atoms with van der Waals surface area (Å²) < 4.78 is 5.16. The Bertz CT molecular complexity index is 1300. The minimum Gasteiger partial charge on any atom is -0.508 e. The molecule has 1 aliphatic heterocycles. The highest BCUT2D eigenvalue weighted by molar-refractivity contribution is 6.51. The molecule has 1 unspecified atom stereocenters. The van der Waals surface area contributed by atoms with Crippen molar-refractivity contribution < 1.29 is 24.5 Å². The number of phenolic OH excluding ortho intramolecular Hbond substituents is 1. The van der Waals surface area contributed by atoms with Crippen LogP contribution in [0.1, 0.15) is 28.3 Å². The SMILES string of the molecule is COc1ccc(/C(O)=C2\C(=O)C(=O)N(c3cccc(C)c3C)C2c2ccc(O)cc2)cc1Cl. The lowest BCUT2D eigenvalue weighted by molar-refractivity contribution is -0.132. The molecule has 7 heteroatoms. The first-order valence-corrected chi connectivity index (χ1v) is 10.6. The number of nitrogens with zero attached hydrogens (tertiary/aromatic N) is 1. The van der Waals surface area contributed by atoms with Crippen LogP contribution >= 0.6 is 11.6 Å². The van der Waals surface area contributed by atoms with Gasteiger partial charge < -0.3 is 14.9 Å². The van der Waals surface area contributed by atoms with E-state index >= 15 is 0 Å². The van der Waals surface area contributed by atoms with Crippen LogP contribution in [0.2, 0.25) is 5.02 Å². The quantitative estimate of drug-likeness (QED) is 0.311. The molecule has 4 rings (SSSR count). The molecule has 0 bridgehead atoms. The third-order valence-corrected chi connectivity index (χ3v) is 6.21. The Morgan fingerprint density at radius 2 is 1.73 bits per heavy atom. The summed E-state index contributed by atoms with van der Waals surface area (Å²) in [6.45, 7) is 3.80. The number of carbonyl (C=O) groups is 2. The summed E-state index contributed by atoms with van der Waals surface area (Å²) in [6, 6.07) is 15.4. The van der Waals surface area contributed by atoms with E-state index in [4.69, 9.17) is 16.3 Å². The van der Waals surface area contributed by atoms with Crippen LogP contribution in [0.15, 0.2) is 66.2 Å². The van der Waals surface area contributed by atoms with Gasteiger partial charge in [-0.15, -0.1) is 0 Å². The molecule has 6 nitrogen and oxygen atoms in total. The van der Waals surface area contributed by atoms with E-state index in [2.05, 4.69) is 0 Å². The maximum Gasteiger partial charge on any atom is 0.300 e. The first kappa shape index (κ1) is 22.4. The molecule has 33 heavy (non-hydrogen) atoms. The van der Waals surface area contributed by atoms with Gasteiger partial charge in [-0.1, -0.05) is 35.9 Å². The zero-order valence-corrected chi connectivity index (χ0v) is 19.1. The summed E-state index contributed by atoms with van der Waals surface area (Å²) in [5, 5.41) is 21.2. The number of ketones is 1. The van der Waals surface area contributed by atoms with E-state index in [1.165, 1.54) is 30.2 Å². The Morgan fingerprint density at radius 3 is 2.36 bits per heavy atom. The molecular weight excluding hydrogens is 442 g/mol. The smallest absolute Gasteiger partial charge is 0.300 e. The molecule has 168 valence electrons. The maximum absolute atomic E-state index is 13.3. The molecule has 1 fully saturated rings. The number of benzene rings is 3. The standard InChI is InChI=1S/C26H22ClNO5/c1-14-5-4-6-20(15(14)2)28-23(16-7-10-18(29)11-8-16)22(25(31)26(28)32)24(30)17-9-12-21(33-3)19(27)13-17/h4-13,23,29-30H,1-3H3/b24-22+. The second-order valence-electron chi connectivity index (χ2n) is 7.83. The molecule has 2 N–H and O–H groups in total. The van der Waals surface area contributed by atoms with E-state index in [1.807, 2.05) is 26.0 Å². The fourth-order valence-corrected chi connectivity index (χ4v) is 4.28. The summed E-state index contributed by atoms with van der Waals surface area (Å²) in [4.78, 5) is 27.9. The molecule has 0 saturated carbocycles. The highest BCUT2D eigenvalue weighted by Crippen LogP contribution is 2.44. The molecule has 1 amide bonds. The molecule has 0 spiro atoms. The number of aromatic hydroxyl groups is 1. The summed E-state index contributed by atoms with van der Waals surface area (Å²) in [5.41, 5.74) is 3.16. The van der Waals surface area contributed by atoms with Crippen molar-refractivity contribution in [3.8, 4) is 11.5 Å². The number of amides is 1. The van der Waals surface area contributed by atoms with Crippen molar-refractivity contribution in [2.75, 3.05) is 12.0 Å². The molecule has 3 aromatic carbocycles. The number of hydrogen-bond donors (Lipinski definition) is 2. The number of aliphatic hydroxyl groups is 1. The second-order valence-corrected chi connectivity index (χ2v) is 8.24. The van der Waals surface area contributed by atoms with Crippen LogP contribution in [0.3, 0.4) is 0 Å². The van der Waals surface area contributed by atoms with E-state index in [-0.39, 0.29) is 27.7 Å². The number of Topliss-reactive ketones (excluding diaryl/α,β-unsaturated/α-hetero) is 1. The normalized spacial score (nSPS) is 17.5. The second kappa shape index (κ2) is 8.64. The molecule has 1 aliphatic rings. The third-order valence-electron chi connectivity index (χ3n) is 5.91. The fraction of sp³-hybridized carbons (Fsp3) is 0.154. The molecule has 0 radical (unpaired) electrons. The lowest BCUT2D eigenvalue weighted by Gasteiger charge is -2.27. The largest absolute Gasteiger partial charge is 0.508 e. The molecule has 0 aromatic heterocycles. The molecule has 1 saturated heterocycles. The number of anilines is 1. The summed E-state index contributed by atoms with van der Waals surface area (Å²) in [7, 11) is 1.47. The number of methoxy groups -OCH3 is 1. The van der Waals surface area contributed by atoms with Gasteiger partial charge in [0, 0.05) is 11.3 Å². The number of halogens is 1. The van der Waals surface area contributed by atoms with Crippen molar-refractivity contribution in [3.63, 3.8) is 0 Å². The number of aryl methyl sites for hydroxylation is 1. The highest BCUT2D eigenvalue weighted by Gasteiger charge is 2.47. The van der Waals surface area contributed by atoms with Crippen molar-refractivity contribution in [2.45, 2.75) is 19.9 Å². The van der Waals surface area contributed by atoms with Gasteiger partial charge in [0.2, 0.25) is 0 Å². The van der Waals surface area contributed by atoms with E-state index in [0.29, 0.717) is 17.0 Å².